The highest BCUT2D eigenvalue weighted by Crippen LogP contribution is 2.35. The highest BCUT2D eigenvalue weighted by Gasteiger charge is 2.40. The lowest BCUT2D eigenvalue weighted by Crippen LogP contribution is -2.44. The third-order valence-corrected chi connectivity index (χ3v) is 4.51. The van der Waals surface area contributed by atoms with Crippen LogP contribution in [0, 0.1) is 5.41 Å². The summed E-state index contributed by atoms with van der Waals surface area (Å²) < 4.78 is 38.5. The van der Waals surface area contributed by atoms with Gasteiger partial charge in [0.1, 0.15) is 0 Å². The van der Waals surface area contributed by atoms with Gasteiger partial charge >= 0.3 is 6.18 Å². The third kappa shape index (κ3) is 2.97. The van der Waals surface area contributed by atoms with Crippen LogP contribution in [0.25, 0.3) is 0 Å². The largest absolute Gasteiger partial charge is 0.417 e. The maximum absolute atomic E-state index is 12.8. The number of hydrogen-bond acceptors (Lipinski definition) is 3. The number of carbonyl (C=O) groups is 1. The molecule has 1 aromatic rings. The number of hydrogen-bond donors (Lipinski definition) is 1. The van der Waals surface area contributed by atoms with E-state index in [4.69, 9.17) is 5.73 Å². The van der Waals surface area contributed by atoms with Crippen molar-refractivity contribution in [3.63, 3.8) is 0 Å². The zero-order chi connectivity index (χ0) is 16.8. The minimum absolute atomic E-state index is 0.0928. The van der Waals surface area contributed by atoms with E-state index in [2.05, 4.69) is 4.98 Å². The molecular formula is C16H18F3N3O. The van der Waals surface area contributed by atoms with Crippen molar-refractivity contribution >= 4 is 5.91 Å². The molecule has 2 atom stereocenters. The van der Waals surface area contributed by atoms with Gasteiger partial charge in [0, 0.05) is 37.4 Å². The SMILES string of the molecule is CC1(C(=O)N2CCc3ncc(C(F)(F)F)cc3C2)C=CC(N)C1. The molecule has 0 saturated carbocycles. The Bertz CT molecular complexity index is 671. The molecule has 0 aromatic carbocycles. The summed E-state index contributed by atoms with van der Waals surface area (Å²) in [6, 6.07) is 0.944. The van der Waals surface area contributed by atoms with Gasteiger partial charge in [0.15, 0.2) is 0 Å². The smallest absolute Gasteiger partial charge is 0.337 e. The van der Waals surface area contributed by atoms with Crippen LogP contribution in [0.5, 0.6) is 0 Å². The van der Waals surface area contributed by atoms with Crippen molar-refractivity contribution in [2.45, 2.75) is 38.5 Å². The Balaban J connectivity index is 1.82. The predicted molar refractivity (Wildman–Crippen MR) is 78.2 cm³/mol. The fourth-order valence-electron chi connectivity index (χ4n) is 3.24. The first-order chi connectivity index (χ1) is 10.7. The Morgan fingerprint density at radius 2 is 2.22 bits per heavy atom. The molecule has 7 heteroatoms. The third-order valence-electron chi connectivity index (χ3n) is 4.51. The molecule has 3 rings (SSSR count). The molecule has 0 bridgehead atoms. The van der Waals surface area contributed by atoms with E-state index in [1.165, 1.54) is 0 Å². The number of amides is 1. The van der Waals surface area contributed by atoms with Crippen molar-refractivity contribution in [3.05, 3.63) is 41.2 Å². The molecule has 23 heavy (non-hydrogen) atoms. The molecule has 2 heterocycles. The van der Waals surface area contributed by atoms with Gasteiger partial charge in [0.05, 0.1) is 11.0 Å². The molecule has 0 spiro atoms. The highest BCUT2D eigenvalue weighted by molar-refractivity contribution is 5.85. The molecule has 124 valence electrons. The normalized spacial score (nSPS) is 27.2. The van der Waals surface area contributed by atoms with Crippen molar-refractivity contribution in [1.82, 2.24) is 9.88 Å². The van der Waals surface area contributed by atoms with Crippen LogP contribution in [-0.2, 0) is 23.9 Å². The lowest BCUT2D eigenvalue weighted by molar-refractivity contribution is -0.139. The van der Waals surface area contributed by atoms with E-state index in [-0.39, 0.29) is 18.5 Å². The Kier molecular flexibility index (Phi) is 3.71. The number of fused-ring (bicyclic) bond motifs is 1. The summed E-state index contributed by atoms with van der Waals surface area (Å²) >= 11 is 0. The average Bonchev–Trinajstić information content (AvgIpc) is 2.85. The van der Waals surface area contributed by atoms with Crippen LogP contribution >= 0.6 is 0 Å². The second-order valence-corrected chi connectivity index (χ2v) is 6.45. The molecule has 0 saturated heterocycles. The summed E-state index contributed by atoms with van der Waals surface area (Å²) in [4.78, 5) is 18.3. The van der Waals surface area contributed by atoms with E-state index in [0.717, 1.165) is 12.3 Å². The number of halogens is 3. The second kappa shape index (κ2) is 5.33. The summed E-state index contributed by atoms with van der Waals surface area (Å²) in [7, 11) is 0. The summed E-state index contributed by atoms with van der Waals surface area (Å²) in [6.07, 6.45) is 1.03. The Morgan fingerprint density at radius 3 is 2.83 bits per heavy atom. The first kappa shape index (κ1) is 16.0. The fourth-order valence-corrected chi connectivity index (χ4v) is 3.24. The summed E-state index contributed by atoms with van der Waals surface area (Å²) in [5.41, 5.74) is 5.47. The van der Waals surface area contributed by atoms with E-state index in [1.807, 2.05) is 6.92 Å². The quantitative estimate of drug-likeness (QED) is 0.806. The van der Waals surface area contributed by atoms with Crippen LogP contribution < -0.4 is 5.73 Å². The van der Waals surface area contributed by atoms with Crippen LogP contribution in [0.3, 0.4) is 0 Å². The minimum Gasteiger partial charge on any atom is -0.337 e. The van der Waals surface area contributed by atoms with Crippen LogP contribution in [0.1, 0.15) is 30.2 Å². The molecule has 0 radical (unpaired) electrons. The number of carbonyl (C=O) groups excluding carboxylic acids is 1. The van der Waals surface area contributed by atoms with E-state index >= 15 is 0 Å². The van der Waals surface area contributed by atoms with Crippen molar-refractivity contribution in [1.29, 1.82) is 0 Å². The Labute approximate surface area is 132 Å². The highest BCUT2D eigenvalue weighted by atomic mass is 19.4. The lowest BCUT2D eigenvalue weighted by atomic mass is 9.86. The van der Waals surface area contributed by atoms with E-state index < -0.39 is 17.2 Å². The summed E-state index contributed by atoms with van der Waals surface area (Å²) in [5, 5.41) is 0. The van der Waals surface area contributed by atoms with E-state index in [9.17, 15) is 18.0 Å². The van der Waals surface area contributed by atoms with Gasteiger partial charge in [-0.15, -0.1) is 0 Å². The number of aromatic nitrogens is 1. The van der Waals surface area contributed by atoms with Gasteiger partial charge in [0.25, 0.3) is 0 Å². The number of rotatable bonds is 1. The molecule has 0 fully saturated rings. The van der Waals surface area contributed by atoms with Crippen LogP contribution in [0.2, 0.25) is 0 Å². The molecule has 1 aliphatic heterocycles. The van der Waals surface area contributed by atoms with Crippen LogP contribution in [-0.4, -0.2) is 28.4 Å². The van der Waals surface area contributed by atoms with Gasteiger partial charge in [-0.2, -0.15) is 13.2 Å². The van der Waals surface area contributed by atoms with Crippen molar-refractivity contribution < 1.29 is 18.0 Å². The van der Waals surface area contributed by atoms with Crippen LogP contribution in [0.4, 0.5) is 13.2 Å². The molecular weight excluding hydrogens is 307 g/mol. The van der Waals surface area contributed by atoms with Crippen molar-refractivity contribution in [3.8, 4) is 0 Å². The lowest BCUT2D eigenvalue weighted by Gasteiger charge is -2.34. The summed E-state index contributed by atoms with van der Waals surface area (Å²) in [6.45, 7) is 2.44. The zero-order valence-corrected chi connectivity index (χ0v) is 12.7. The van der Waals surface area contributed by atoms with Gasteiger partial charge in [0.2, 0.25) is 5.91 Å². The first-order valence-corrected chi connectivity index (χ1v) is 7.48. The maximum Gasteiger partial charge on any atom is 0.417 e. The molecule has 1 aliphatic carbocycles. The van der Waals surface area contributed by atoms with Crippen molar-refractivity contribution in [2.24, 2.45) is 11.1 Å². The zero-order valence-electron chi connectivity index (χ0n) is 12.7. The maximum atomic E-state index is 12.8. The fraction of sp³-hybridized carbons (Fsp3) is 0.500. The number of alkyl halides is 3. The monoisotopic (exact) mass is 325 g/mol. The van der Waals surface area contributed by atoms with Gasteiger partial charge in [-0.05, 0) is 25.0 Å². The van der Waals surface area contributed by atoms with E-state index in [1.54, 1.807) is 17.1 Å². The molecule has 2 unspecified atom stereocenters. The van der Waals surface area contributed by atoms with Gasteiger partial charge < -0.3 is 10.6 Å². The molecule has 1 amide bonds. The number of nitrogens with zero attached hydrogens (tertiary/aromatic N) is 2. The van der Waals surface area contributed by atoms with Gasteiger partial charge in [-0.3, -0.25) is 9.78 Å². The Morgan fingerprint density at radius 1 is 1.48 bits per heavy atom. The molecule has 2 N–H and O–H groups in total. The predicted octanol–water partition coefficient (Wildman–Crippen LogP) is 2.28. The van der Waals surface area contributed by atoms with E-state index in [0.29, 0.717) is 30.6 Å². The molecule has 1 aromatic heterocycles. The van der Waals surface area contributed by atoms with Gasteiger partial charge in [-0.1, -0.05) is 12.2 Å². The number of nitrogens with two attached hydrogens (primary N) is 1. The minimum atomic E-state index is -4.43. The number of pyridine rings is 1. The summed E-state index contributed by atoms with van der Waals surface area (Å²) in [5.74, 6) is -0.0928. The van der Waals surface area contributed by atoms with Gasteiger partial charge in [-0.25, -0.2) is 0 Å². The Hall–Kier alpha value is -1.89. The van der Waals surface area contributed by atoms with Crippen LogP contribution in [0.15, 0.2) is 24.4 Å². The van der Waals surface area contributed by atoms with Crippen molar-refractivity contribution in [2.75, 3.05) is 6.54 Å². The average molecular weight is 325 g/mol. The first-order valence-electron chi connectivity index (χ1n) is 7.48. The standard InChI is InChI=1S/C16H18F3N3O/c1-15(4-2-12(20)7-15)14(23)22-5-3-13-10(9-22)6-11(8-21-13)16(17,18)19/h2,4,6,8,12H,3,5,7,9,20H2,1H3. The molecule has 4 nitrogen and oxygen atoms in total. The molecule has 2 aliphatic rings. The second-order valence-electron chi connectivity index (χ2n) is 6.45. The topological polar surface area (TPSA) is 59.2 Å².